The van der Waals surface area contributed by atoms with Crippen LogP contribution in [0.25, 0.3) is 0 Å². The number of guanidine groups is 1. The van der Waals surface area contributed by atoms with Gasteiger partial charge in [-0.25, -0.2) is 0 Å². The largest absolute Gasteiger partial charge is 0.497 e. The molecule has 0 radical (unpaired) electrons. The summed E-state index contributed by atoms with van der Waals surface area (Å²) in [7, 11) is 7.37. The summed E-state index contributed by atoms with van der Waals surface area (Å²) in [6, 6.07) is 13.2. The van der Waals surface area contributed by atoms with Crippen LogP contribution in [-0.2, 0) is 13.0 Å². The number of nitrogens with one attached hydrogen (secondary N) is 2. The van der Waals surface area contributed by atoms with Gasteiger partial charge < -0.3 is 29.9 Å². The molecule has 2 aromatic rings. The Labute approximate surface area is 214 Å². The van der Waals surface area contributed by atoms with E-state index in [1.165, 1.54) is 23.2 Å². The van der Waals surface area contributed by atoms with Gasteiger partial charge in [-0.1, -0.05) is 12.1 Å². The summed E-state index contributed by atoms with van der Waals surface area (Å²) < 4.78 is 10.9. The number of halogens is 1. The van der Waals surface area contributed by atoms with Crippen LogP contribution in [0.15, 0.2) is 41.4 Å². The number of fused-ring (bicyclic) bond motifs is 1. The highest BCUT2D eigenvalue weighted by Crippen LogP contribution is 2.30. The van der Waals surface area contributed by atoms with Crippen molar-refractivity contribution in [2.45, 2.75) is 31.8 Å². The van der Waals surface area contributed by atoms with Gasteiger partial charge in [0.2, 0.25) is 0 Å². The molecule has 2 aliphatic heterocycles. The maximum absolute atomic E-state index is 5.43. The predicted octanol–water partition coefficient (Wildman–Crippen LogP) is 3.65. The molecule has 0 spiro atoms. The first kappa shape index (κ1) is 25.3. The fraction of sp³-hybridized carbons (Fsp3) is 0.480. The van der Waals surface area contributed by atoms with E-state index >= 15 is 0 Å². The molecule has 2 heterocycles. The molecule has 8 heteroatoms. The van der Waals surface area contributed by atoms with Gasteiger partial charge in [0.1, 0.15) is 11.5 Å². The van der Waals surface area contributed by atoms with Crippen molar-refractivity contribution in [2.75, 3.05) is 57.7 Å². The molecule has 0 aliphatic carbocycles. The van der Waals surface area contributed by atoms with Gasteiger partial charge in [-0.3, -0.25) is 4.99 Å². The highest BCUT2D eigenvalue weighted by molar-refractivity contribution is 14.0. The fourth-order valence-electron chi connectivity index (χ4n) is 4.61. The quantitative estimate of drug-likeness (QED) is 0.317. The molecular formula is C25H36IN5O2. The van der Waals surface area contributed by atoms with Crippen LogP contribution in [0.2, 0.25) is 0 Å². The van der Waals surface area contributed by atoms with Crippen LogP contribution in [0.5, 0.6) is 11.5 Å². The zero-order valence-corrected chi connectivity index (χ0v) is 22.4. The number of aryl methyl sites for hydroxylation is 1. The van der Waals surface area contributed by atoms with E-state index in [0.717, 1.165) is 62.2 Å². The molecule has 2 aliphatic rings. The van der Waals surface area contributed by atoms with E-state index in [4.69, 9.17) is 9.47 Å². The van der Waals surface area contributed by atoms with Crippen LogP contribution >= 0.6 is 24.0 Å². The summed E-state index contributed by atoms with van der Waals surface area (Å²) in [5, 5.41) is 7.08. The third kappa shape index (κ3) is 6.16. The van der Waals surface area contributed by atoms with E-state index < -0.39 is 0 Å². The van der Waals surface area contributed by atoms with Crippen LogP contribution in [-0.4, -0.2) is 60.0 Å². The average molecular weight is 566 g/mol. The molecule has 33 heavy (non-hydrogen) atoms. The summed E-state index contributed by atoms with van der Waals surface area (Å²) in [5.41, 5.74) is 5.22. The lowest BCUT2D eigenvalue weighted by Gasteiger charge is -2.28. The maximum atomic E-state index is 5.43. The van der Waals surface area contributed by atoms with E-state index in [1.54, 1.807) is 14.2 Å². The Balaban J connectivity index is 0.00000306. The van der Waals surface area contributed by atoms with Gasteiger partial charge >= 0.3 is 0 Å². The lowest BCUT2D eigenvalue weighted by atomic mass is 9.99. The summed E-state index contributed by atoms with van der Waals surface area (Å²) in [6.45, 7) is 3.79. The second-order valence-electron chi connectivity index (χ2n) is 8.56. The number of nitrogens with zero attached hydrogens (tertiary/aromatic N) is 3. The van der Waals surface area contributed by atoms with Crippen LogP contribution in [0.1, 0.15) is 24.0 Å². The van der Waals surface area contributed by atoms with Crippen LogP contribution < -0.4 is 29.9 Å². The second-order valence-corrected chi connectivity index (χ2v) is 8.56. The zero-order valence-electron chi connectivity index (χ0n) is 20.1. The minimum atomic E-state index is 0. The van der Waals surface area contributed by atoms with E-state index in [-0.39, 0.29) is 24.0 Å². The number of methoxy groups -OCH3 is 2. The molecular weight excluding hydrogens is 529 g/mol. The van der Waals surface area contributed by atoms with Crippen molar-refractivity contribution in [3.05, 3.63) is 47.5 Å². The van der Waals surface area contributed by atoms with Crippen molar-refractivity contribution in [1.82, 2.24) is 10.6 Å². The number of ether oxygens (including phenoxy) is 2. The van der Waals surface area contributed by atoms with Gasteiger partial charge in [-0.2, -0.15) is 0 Å². The topological polar surface area (TPSA) is 61.4 Å². The van der Waals surface area contributed by atoms with Gasteiger partial charge in [0, 0.05) is 75.9 Å². The summed E-state index contributed by atoms with van der Waals surface area (Å²) >= 11 is 0. The molecule has 1 unspecified atom stereocenters. The monoisotopic (exact) mass is 565 g/mol. The number of benzene rings is 2. The molecule has 1 fully saturated rings. The SMILES string of the molecule is CN=C(NCc1ccc2c(c1)CCCN2C)NC1CCN(c2cc(OC)cc(OC)c2)C1.I. The average Bonchev–Trinajstić information content (AvgIpc) is 3.30. The maximum Gasteiger partial charge on any atom is 0.191 e. The first-order valence-electron chi connectivity index (χ1n) is 11.4. The molecule has 0 amide bonds. The highest BCUT2D eigenvalue weighted by Gasteiger charge is 2.24. The zero-order chi connectivity index (χ0) is 22.5. The Hall–Kier alpha value is -2.36. The number of anilines is 2. The molecule has 180 valence electrons. The molecule has 0 saturated carbocycles. The van der Waals surface area contributed by atoms with Crippen LogP contribution in [0, 0.1) is 0 Å². The van der Waals surface area contributed by atoms with Gasteiger partial charge in [0.15, 0.2) is 5.96 Å². The molecule has 7 nitrogen and oxygen atoms in total. The minimum absolute atomic E-state index is 0. The standard InChI is InChI=1S/C25H35N5O2.HI/c1-26-25(27-16-18-7-8-24-19(12-18)6-5-10-29(24)2)28-20-9-11-30(17-20)21-13-22(31-3)15-23(14-21)32-4;/h7-8,12-15,20H,5-6,9-11,16-17H2,1-4H3,(H2,26,27,28);1H. The van der Waals surface area contributed by atoms with Crippen molar-refractivity contribution in [1.29, 1.82) is 0 Å². The Morgan fingerprint density at radius 2 is 1.85 bits per heavy atom. The van der Waals surface area contributed by atoms with Gasteiger partial charge in [-0.05, 0) is 36.5 Å². The Morgan fingerprint density at radius 1 is 1.09 bits per heavy atom. The number of aliphatic imine (C=N–C) groups is 1. The lowest BCUT2D eigenvalue weighted by molar-refractivity contribution is 0.394. The van der Waals surface area contributed by atoms with Crippen LogP contribution in [0.4, 0.5) is 11.4 Å². The van der Waals surface area contributed by atoms with Gasteiger partial charge in [0.05, 0.1) is 14.2 Å². The number of hydrogen-bond donors (Lipinski definition) is 2. The molecule has 2 N–H and O–H groups in total. The van der Waals surface area contributed by atoms with Gasteiger partial charge in [-0.15, -0.1) is 24.0 Å². The first-order chi connectivity index (χ1) is 15.6. The first-order valence-corrected chi connectivity index (χ1v) is 11.4. The van der Waals surface area contributed by atoms with E-state index in [0.29, 0.717) is 6.04 Å². The van der Waals surface area contributed by atoms with Crippen molar-refractivity contribution in [3.8, 4) is 11.5 Å². The fourth-order valence-corrected chi connectivity index (χ4v) is 4.61. The van der Waals surface area contributed by atoms with E-state index in [1.807, 2.05) is 13.1 Å². The van der Waals surface area contributed by atoms with Crippen molar-refractivity contribution in [2.24, 2.45) is 4.99 Å². The van der Waals surface area contributed by atoms with Crippen LogP contribution in [0.3, 0.4) is 0 Å². The van der Waals surface area contributed by atoms with Gasteiger partial charge in [0.25, 0.3) is 0 Å². The van der Waals surface area contributed by atoms with E-state index in [9.17, 15) is 0 Å². The second kappa shape index (κ2) is 11.7. The number of hydrogen-bond acceptors (Lipinski definition) is 5. The third-order valence-corrected chi connectivity index (χ3v) is 6.41. The molecule has 1 atom stereocenters. The molecule has 2 aromatic carbocycles. The van der Waals surface area contributed by atoms with Crippen molar-refractivity contribution < 1.29 is 9.47 Å². The molecule has 1 saturated heterocycles. The molecule has 4 rings (SSSR count). The minimum Gasteiger partial charge on any atom is -0.497 e. The van der Waals surface area contributed by atoms with Crippen molar-refractivity contribution in [3.63, 3.8) is 0 Å². The Morgan fingerprint density at radius 3 is 2.55 bits per heavy atom. The molecule has 0 aromatic heterocycles. The van der Waals surface area contributed by atoms with Crippen molar-refractivity contribution >= 4 is 41.3 Å². The lowest BCUT2D eigenvalue weighted by Crippen LogP contribution is -2.44. The smallest absolute Gasteiger partial charge is 0.191 e. The number of rotatable bonds is 6. The Kier molecular flexibility index (Phi) is 8.94. The molecule has 0 bridgehead atoms. The summed E-state index contributed by atoms with van der Waals surface area (Å²) in [5.74, 6) is 2.46. The summed E-state index contributed by atoms with van der Waals surface area (Å²) in [4.78, 5) is 9.15. The summed E-state index contributed by atoms with van der Waals surface area (Å²) in [6.07, 6.45) is 3.43. The van der Waals surface area contributed by atoms with E-state index in [2.05, 4.69) is 62.8 Å². The normalized spacial score (nSPS) is 17.8. The highest BCUT2D eigenvalue weighted by atomic mass is 127. The Bertz CT molecular complexity index is 946. The predicted molar refractivity (Wildman–Crippen MR) is 147 cm³/mol. The third-order valence-electron chi connectivity index (χ3n) is 6.41.